The van der Waals surface area contributed by atoms with Gasteiger partial charge in [0.1, 0.15) is 5.75 Å². The zero-order valence-corrected chi connectivity index (χ0v) is 12.3. The van der Waals surface area contributed by atoms with Gasteiger partial charge in [0.25, 0.3) is 0 Å². The average Bonchev–Trinajstić information content (AvgIpc) is 2.47. The summed E-state index contributed by atoms with van der Waals surface area (Å²) in [6.45, 7) is 2.11. The van der Waals surface area contributed by atoms with Crippen molar-refractivity contribution in [1.82, 2.24) is 0 Å². The van der Waals surface area contributed by atoms with Crippen LogP contribution in [0.1, 0.15) is 24.1 Å². The highest BCUT2D eigenvalue weighted by atomic mass is 35.5. The van der Waals surface area contributed by atoms with Gasteiger partial charge in [0.2, 0.25) is 0 Å². The molecule has 106 valence electrons. The number of hydrogen-bond donors (Lipinski definition) is 2. The van der Waals surface area contributed by atoms with Crippen molar-refractivity contribution in [3.05, 3.63) is 58.6 Å². The Hall–Kier alpha value is -1.71. The number of nitrogens with one attached hydrogen (secondary N) is 1. The third kappa shape index (κ3) is 3.44. The maximum absolute atomic E-state index is 9.18. The number of aliphatic hydroxyl groups excluding tert-OH is 1. The molecule has 1 atom stereocenters. The number of hydrogen-bond acceptors (Lipinski definition) is 3. The molecule has 0 aliphatic heterocycles. The molecule has 0 fully saturated rings. The molecule has 4 heteroatoms. The molecular weight excluding hydrogens is 274 g/mol. The molecule has 0 saturated heterocycles. The number of benzene rings is 2. The first kappa shape index (κ1) is 14.7. The number of aliphatic hydroxyl groups is 1. The molecule has 2 N–H and O–H groups in total. The Bertz CT molecular complexity index is 586. The van der Waals surface area contributed by atoms with Gasteiger partial charge in [0.15, 0.2) is 0 Å². The van der Waals surface area contributed by atoms with Crippen molar-refractivity contribution in [2.45, 2.75) is 19.6 Å². The second-order valence-electron chi connectivity index (χ2n) is 4.62. The van der Waals surface area contributed by atoms with Crippen LogP contribution >= 0.6 is 11.6 Å². The van der Waals surface area contributed by atoms with Crippen LogP contribution in [0.25, 0.3) is 0 Å². The van der Waals surface area contributed by atoms with E-state index in [4.69, 9.17) is 16.3 Å². The molecular formula is C16H18ClNO2. The molecule has 0 radical (unpaired) electrons. The topological polar surface area (TPSA) is 41.5 Å². The van der Waals surface area contributed by atoms with Crippen LogP contribution in [-0.4, -0.2) is 12.2 Å². The van der Waals surface area contributed by atoms with Crippen molar-refractivity contribution in [3.63, 3.8) is 0 Å². The lowest BCUT2D eigenvalue weighted by molar-refractivity contribution is 0.281. The minimum Gasteiger partial charge on any atom is -0.495 e. The standard InChI is InChI=1S/C16H18ClNO2/c1-11(13-5-3-4-12(8-13)10-19)18-14-6-7-16(20-2)15(17)9-14/h3-9,11,18-19H,10H2,1-2H3. The molecule has 0 amide bonds. The molecule has 0 aromatic heterocycles. The van der Waals surface area contributed by atoms with E-state index in [1.165, 1.54) is 0 Å². The highest BCUT2D eigenvalue weighted by Crippen LogP contribution is 2.29. The lowest BCUT2D eigenvalue weighted by Gasteiger charge is -2.17. The van der Waals surface area contributed by atoms with E-state index in [0.717, 1.165) is 16.8 Å². The first-order valence-corrected chi connectivity index (χ1v) is 6.81. The summed E-state index contributed by atoms with van der Waals surface area (Å²) in [6, 6.07) is 13.6. The van der Waals surface area contributed by atoms with Gasteiger partial charge < -0.3 is 15.2 Å². The quantitative estimate of drug-likeness (QED) is 0.874. The second kappa shape index (κ2) is 6.64. The Morgan fingerprint density at radius 1 is 1.25 bits per heavy atom. The first-order chi connectivity index (χ1) is 9.63. The normalized spacial score (nSPS) is 12.0. The van der Waals surface area contributed by atoms with Gasteiger partial charge in [-0.05, 0) is 36.2 Å². The van der Waals surface area contributed by atoms with Crippen LogP contribution in [0.15, 0.2) is 42.5 Å². The summed E-state index contributed by atoms with van der Waals surface area (Å²) in [5.74, 6) is 0.659. The summed E-state index contributed by atoms with van der Waals surface area (Å²) >= 11 is 6.11. The van der Waals surface area contributed by atoms with Crippen molar-refractivity contribution < 1.29 is 9.84 Å². The van der Waals surface area contributed by atoms with Crippen LogP contribution < -0.4 is 10.1 Å². The minimum absolute atomic E-state index is 0.0505. The number of ether oxygens (including phenoxy) is 1. The average molecular weight is 292 g/mol. The van der Waals surface area contributed by atoms with Crippen molar-refractivity contribution in [1.29, 1.82) is 0 Å². The van der Waals surface area contributed by atoms with Crippen molar-refractivity contribution in [2.24, 2.45) is 0 Å². The predicted molar refractivity (Wildman–Crippen MR) is 82.4 cm³/mol. The number of anilines is 1. The minimum atomic E-state index is 0.0505. The van der Waals surface area contributed by atoms with E-state index >= 15 is 0 Å². The zero-order valence-electron chi connectivity index (χ0n) is 11.6. The van der Waals surface area contributed by atoms with Crippen LogP contribution in [0.2, 0.25) is 5.02 Å². The summed E-state index contributed by atoms with van der Waals surface area (Å²) in [4.78, 5) is 0. The Balaban J connectivity index is 2.14. The van der Waals surface area contributed by atoms with Crippen LogP contribution in [-0.2, 0) is 6.61 Å². The van der Waals surface area contributed by atoms with Crippen molar-refractivity contribution in [3.8, 4) is 5.75 Å². The third-order valence-electron chi connectivity index (χ3n) is 3.17. The molecule has 0 heterocycles. The van der Waals surface area contributed by atoms with Crippen molar-refractivity contribution in [2.75, 3.05) is 12.4 Å². The van der Waals surface area contributed by atoms with Crippen molar-refractivity contribution >= 4 is 17.3 Å². The van der Waals surface area contributed by atoms with Gasteiger partial charge in [-0.25, -0.2) is 0 Å². The predicted octanol–water partition coefficient (Wildman–Crippen LogP) is 4.01. The van der Waals surface area contributed by atoms with Crippen LogP contribution in [0.3, 0.4) is 0 Å². The lowest BCUT2D eigenvalue weighted by atomic mass is 10.1. The number of methoxy groups -OCH3 is 1. The molecule has 0 saturated carbocycles. The van der Waals surface area contributed by atoms with Gasteiger partial charge in [0, 0.05) is 11.7 Å². The lowest BCUT2D eigenvalue weighted by Crippen LogP contribution is -2.07. The van der Waals surface area contributed by atoms with Gasteiger partial charge >= 0.3 is 0 Å². The molecule has 0 bridgehead atoms. The fraction of sp³-hybridized carbons (Fsp3) is 0.250. The third-order valence-corrected chi connectivity index (χ3v) is 3.46. The summed E-state index contributed by atoms with van der Waals surface area (Å²) in [5, 5.41) is 13.1. The fourth-order valence-corrected chi connectivity index (χ4v) is 2.31. The fourth-order valence-electron chi connectivity index (χ4n) is 2.05. The van der Waals surface area contributed by atoms with E-state index in [-0.39, 0.29) is 12.6 Å². The van der Waals surface area contributed by atoms with E-state index in [2.05, 4.69) is 12.2 Å². The zero-order chi connectivity index (χ0) is 14.5. The summed E-state index contributed by atoms with van der Waals surface area (Å²) in [7, 11) is 1.59. The maximum Gasteiger partial charge on any atom is 0.137 e. The monoisotopic (exact) mass is 291 g/mol. The number of rotatable bonds is 5. The molecule has 2 aromatic carbocycles. The Kier molecular flexibility index (Phi) is 4.88. The first-order valence-electron chi connectivity index (χ1n) is 6.44. The summed E-state index contributed by atoms with van der Waals surface area (Å²) in [6.07, 6.45) is 0. The van der Waals surface area contributed by atoms with Gasteiger partial charge in [-0.1, -0.05) is 35.9 Å². The Labute approximate surface area is 124 Å². The molecule has 2 rings (SSSR count). The summed E-state index contributed by atoms with van der Waals surface area (Å²) in [5.41, 5.74) is 2.95. The highest BCUT2D eigenvalue weighted by molar-refractivity contribution is 6.32. The molecule has 0 spiro atoms. The second-order valence-corrected chi connectivity index (χ2v) is 5.03. The SMILES string of the molecule is COc1ccc(NC(C)c2cccc(CO)c2)cc1Cl. The molecule has 3 nitrogen and oxygen atoms in total. The van der Waals surface area contributed by atoms with E-state index in [1.807, 2.05) is 42.5 Å². The number of halogens is 1. The molecule has 2 aromatic rings. The molecule has 1 unspecified atom stereocenters. The molecule has 0 aliphatic rings. The smallest absolute Gasteiger partial charge is 0.137 e. The Morgan fingerprint density at radius 3 is 2.70 bits per heavy atom. The summed E-state index contributed by atoms with van der Waals surface area (Å²) < 4.78 is 5.13. The van der Waals surface area contributed by atoms with Gasteiger partial charge in [-0.3, -0.25) is 0 Å². The van der Waals surface area contributed by atoms with Gasteiger partial charge in [0.05, 0.1) is 18.7 Å². The van der Waals surface area contributed by atoms with Gasteiger partial charge in [-0.2, -0.15) is 0 Å². The van der Waals surface area contributed by atoms with Gasteiger partial charge in [-0.15, -0.1) is 0 Å². The van der Waals surface area contributed by atoms with E-state index < -0.39 is 0 Å². The molecule has 0 aliphatic carbocycles. The van der Waals surface area contributed by atoms with Crippen LogP contribution in [0.5, 0.6) is 5.75 Å². The molecule has 20 heavy (non-hydrogen) atoms. The highest BCUT2D eigenvalue weighted by Gasteiger charge is 2.08. The van der Waals surface area contributed by atoms with Crippen LogP contribution in [0, 0.1) is 0 Å². The van der Waals surface area contributed by atoms with E-state index in [9.17, 15) is 5.11 Å². The van der Waals surface area contributed by atoms with Crippen LogP contribution in [0.4, 0.5) is 5.69 Å². The maximum atomic E-state index is 9.18. The van der Waals surface area contributed by atoms with E-state index in [0.29, 0.717) is 10.8 Å². The Morgan fingerprint density at radius 2 is 2.05 bits per heavy atom. The largest absolute Gasteiger partial charge is 0.495 e. The van der Waals surface area contributed by atoms with E-state index in [1.54, 1.807) is 7.11 Å².